The van der Waals surface area contributed by atoms with E-state index in [9.17, 15) is 4.79 Å². The van der Waals surface area contributed by atoms with Crippen LogP contribution in [0.25, 0.3) is 28.1 Å². The quantitative estimate of drug-likeness (QED) is 0.401. The number of nitrogens with one attached hydrogen (secondary N) is 1. The number of nitriles is 1. The Bertz CT molecular complexity index is 1350. The molecule has 0 radical (unpaired) electrons. The lowest BCUT2D eigenvalue weighted by molar-refractivity contribution is -0.118. The minimum Gasteiger partial charge on any atom is -0.370 e. The molecule has 1 fully saturated rings. The first kappa shape index (κ1) is 21.4. The molecule has 0 bridgehead atoms. The molecule has 1 aliphatic rings. The number of fused-ring (bicyclic) bond motifs is 1. The number of hydrogen-bond donors (Lipinski definition) is 2. The summed E-state index contributed by atoms with van der Waals surface area (Å²) in [6.07, 6.45) is 10.6. The van der Waals surface area contributed by atoms with E-state index in [2.05, 4.69) is 41.7 Å². The Hall–Kier alpha value is -4.40. The molecule has 1 amide bonds. The minimum absolute atomic E-state index is 0.192. The van der Waals surface area contributed by atoms with Crippen molar-refractivity contribution in [3.63, 3.8) is 0 Å². The van der Waals surface area contributed by atoms with Gasteiger partial charge in [-0.05, 0) is 37.3 Å². The van der Waals surface area contributed by atoms with Crippen molar-refractivity contribution < 1.29 is 4.79 Å². The number of hydrogen-bond acceptors (Lipinski definition) is 9. The molecule has 5 rings (SSSR count). The Balaban J connectivity index is 1.32. The number of carbonyl (C=O) groups is 1. The maximum atomic E-state index is 11.2. The van der Waals surface area contributed by atoms with Crippen molar-refractivity contribution in [3.8, 4) is 23.0 Å². The Morgan fingerprint density at radius 2 is 2.12 bits per heavy atom. The summed E-state index contributed by atoms with van der Waals surface area (Å²) in [7, 11) is 0. The molecule has 3 N–H and O–H groups in total. The Kier molecular flexibility index (Phi) is 5.82. The smallest absolute Gasteiger partial charge is 0.225 e. The molecule has 12 nitrogen and oxygen atoms in total. The molecular formula is C22H23N11O. The van der Waals surface area contributed by atoms with Gasteiger partial charge in [-0.25, -0.2) is 9.97 Å². The van der Waals surface area contributed by atoms with Gasteiger partial charge in [0.25, 0.3) is 0 Å². The van der Waals surface area contributed by atoms with Crippen LogP contribution in [0.15, 0.2) is 36.9 Å². The number of carbonyl (C=O) groups excluding carboxylic acids is 1. The molecule has 0 saturated heterocycles. The highest BCUT2D eigenvalue weighted by molar-refractivity contribution is 5.74. The summed E-state index contributed by atoms with van der Waals surface area (Å²) in [5, 5.41) is 24.7. The van der Waals surface area contributed by atoms with E-state index in [1.54, 1.807) is 28.0 Å². The summed E-state index contributed by atoms with van der Waals surface area (Å²) >= 11 is 0. The van der Waals surface area contributed by atoms with Gasteiger partial charge in [-0.2, -0.15) is 20.0 Å². The van der Waals surface area contributed by atoms with Gasteiger partial charge in [-0.15, -0.1) is 5.10 Å². The third-order valence-electron chi connectivity index (χ3n) is 5.94. The zero-order chi connectivity index (χ0) is 23.5. The molecule has 1 unspecified atom stereocenters. The molecule has 34 heavy (non-hydrogen) atoms. The molecule has 2 atom stereocenters. The molecule has 1 saturated carbocycles. The highest BCUT2D eigenvalue weighted by atomic mass is 16.1. The van der Waals surface area contributed by atoms with Gasteiger partial charge >= 0.3 is 0 Å². The van der Waals surface area contributed by atoms with E-state index in [1.807, 2.05) is 18.3 Å². The van der Waals surface area contributed by atoms with Crippen LogP contribution < -0.4 is 11.1 Å². The van der Waals surface area contributed by atoms with Crippen LogP contribution in [0.1, 0.15) is 32.1 Å². The fourth-order valence-corrected chi connectivity index (χ4v) is 4.29. The van der Waals surface area contributed by atoms with E-state index in [-0.39, 0.29) is 11.9 Å². The second-order valence-electron chi connectivity index (χ2n) is 8.40. The van der Waals surface area contributed by atoms with E-state index in [0.29, 0.717) is 48.2 Å². The average Bonchev–Trinajstić information content (AvgIpc) is 3.57. The van der Waals surface area contributed by atoms with Gasteiger partial charge in [0.2, 0.25) is 11.9 Å². The zero-order valence-corrected chi connectivity index (χ0v) is 18.4. The fraction of sp³-hybridized carbons (Fsp3) is 0.364. The zero-order valence-electron chi connectivity index (χ0n) is 18.4. The number of primary amides is 1. The van der Waals surface area contributed by atoms with Crippen LogP contribution in [0.3, 0.4) is 0 Å². The summed E-state index contributed by atoms with van der Waals surface area (Å²) < 4.78 is 3.32. The first-order valence-electron chi connectivity index (χ1n) is 11.1. The Morgan fingerprint density at radius 3 is 2.91 bits per heavy atom. The van der Waals surface area contributed by atoms with Crippen molar-refractivity contribution in [2.45, 2.75) is 44.7 Å². The SMILES string of the molecule is N#CCCn1cc(-c2ccc(-n3nnc4cnc(NC5CC[C@@H](CC(N)=O)C5)nc43)nc2)cn1. The highest BCUT2D eigenvalue weighted by Gasteiger charge is 2.26. The van der Waals surface area contributed by atoms with Crippen LogP contribution in [0, 0.1) is 17.2 Å². The Labute approximate surface area is 194 Å². The number of nitrogens with two attached hydrogens (primary N) is 1. The van der Waals surface area contributed by atoms with Gasteiger partial charge in [0, 0.05) is 36.0 Å². The molecular weight excluding hydrogens is 434 g/mol. The van der Waals surface area contributed by atoms with Gasteiger partial charge in [0.05, 0.1) is 31.4 Å². The normalized spacial score (nSPS) is 17.6. The molecule has 4 aromatic heterocycles. The predicted octanol–water partition coefficient (Wildman–Crippen LogP) is 1.84. The second kappa shape index (κ2) is 9.22. The monoisotopic (exact) mass is 457 g/mol. The number of pyridine rings is 1. The van der Waals surface area contributed by atoms with Crippen molar-refractivity contribution >= 4 is 23.0 Å². The number of rotatable bonds is 8. The summed E-state index contributed by atoms with van der Waals surface area (Å²) in [5.41, 5.74) is 8.27. The molecule has 0 aromatic carbocycles. The molecule has 4 aromatic rings. The first-order valence-corrected chi connectivity index (χ1v) is 11.1. The highest BCUT2D eigenvalue weighted by Crippen LogP contribution is 2.30. The van der Waals surface area contributed by atoms with Crippen LogP contribution in [0.5, 0.6) is 0 Å². The van der Waals surface area contributed by atoms with Crippen LogP contribution in [0.2, 0.25) is 0 Å². The predicted molar refractivity (Wildman–Crippen MR) is 122 cm³/mol. The lowest BCUT2D eigenvalue weighted by Gasteiger charge is -2.12. The molecule has 12 heteroatoms. The van der Waals surface area contributed by atoms with E-state index in [0.717, 1.165) is 30.4 Å². The lowest BCUT2D eigenvalue weighted by Crippen LogP contribution is -2.19. The molecule has 172 valence electrons. The minimum atomic E-state index is -0.260. The molecule has 0 aliphatic heterocycles. The molecule has 4 heterocycles. The van der Waals surface area contributed by atoms with E-state index in [1.165, 1.54) is 0 Å². The third kappa shape index (κ3) is 4.54. The number of aryl methyl sites for hydroxylation is 1. The first-order chi connectivity index (χ1) is 16.6. The van der Waals surface area contributed by atoms with Crippen molar-refractivity contribution in [3.05, 3.63) is 36.9 Å². The van der Waals surface area contributed by atoms with E-state index in [4.69, 9.17) is 11.0 Å². The Morgan fingerprint density at radius 1 is 1.21 bits per heavy atom. The number of aromatic nitrogens is 8. The number of nitrogens with zero attached hydrogens (tertiary/aromatic N) is 9. The van der Waals surface area contributed by atoms with Gasteiger partial charge < -0.3 is 11.1 Å². The maximum absolute atomic E-state index is 11.2. The summed E-state index contributed by atoms with van der Waals surface area (Å²) in [4.78, 5) is 24.7. The van der Waals surface area contributed by atoms with Crippen molar-refractivity contribution in [2.75, 3.05) is 5.32 Å². The fourth-order valence-electron chi connectivity index (χ4n) is 4.29. The standard InChI is InChI=1S/C22H23N11O/c23-6-1-7-32-13-16(11-27-32)15-3-5-20(25-10-15)33-21-18(30-31-33)12-26-22(29-21)28-17-4-2-14(8-17)9-19(24)34/h3,5,10-14,17H,1-2,4,7-9H2,(H2,24,34)(H,26,28,29)/t14-,17?/m1/s1. The maximum Gasteiger partial charge on any atom is 0.225 e. The molecule has 0 spiro atoms. The van der Waals surface area contributed by atoms with Crippen molar-refractivity contribution in [1.82, 2.24) is 39.7 Å². The summed E-state index contributed by atoms with van der Waals surface area (Å²) in [6, 6.07) is 6.08. The topological polar surface area (TPSA) is 166 Å². The van der Waals surface area contributed by atoms with Crippen LogP contribution in [-0.4, -0.2) is 51.7 Å². The number of anilines is 1. The van der Waals surface area contributed by atoms with Crippen LogP contribution in [-0.2, 0) is 11.3 Å². The summed E-state index contributed by atoms with van der Waals surface area (Å²) in [6.45, 7) is 0.551. The second-order valence-corrected chi connectivity index (χ2v) is 8.40. The van der Waals surface area contributed by atoms with Gasteiger partial charge in [-0.1, -0.05) is 5.21 Å². The van der Waals surface area contributed by atoms with Gasteiger partial charge in [0.15, 0.2) is 17.0 Å². The van der Waals surface area contributed by atoms with Crippen molar-refractivity contribution in [1.29, 1.82) is 5.26 Å². The largest absolute Gasteiger partial charge is 0.370 e. The third-order valence-corrected chi connectivity index (χ3v) is 5.94. The van der Waals surface area contributed by atoms with Gasteiger partial charge in [0.1, 0.15) is 0 Å². The van der Waals surface area contributed by atoms with Crippen molar-refractivity contribution in [2.24, 2.45) is 11.7 Å². The van der Waals surface area contributed by atoms with E-state index >= 15 is 0 Å². The van der Waals surface area contributed by atoms with Crippen LogP contribution in [0.4, 0.5) is 5.95 Å². The number of amides is 1. The van der Waals surface area contributed by atoms with E-state index < -0.39 is 0 Å². The van der Waals surface area contributed by atoms with Gasteiger partial charge in [-0.3, -0.25) is 9.48 Å². The molecule has 1 aliphatic carbocycles. The van der Waals surface area contributed by atoms with Crippen LogP contribution >= 0.6 is 0 Å². The summed E-state index contributed by atoms with van der Waals surface area (Å²) in [5.74, 6) is 1.11. The average molecular weight is 458 g/mol. The lowest BCUT2D eigenvalue weighted by atomic mass is 10.0.